The smallest absolute Gasteiger partial charge is 0.189 e. The first kappa shape index (κ1) is 21.3. The highest BCUT2D eigenvalue weighted by molar-refractivity contribution is 6.08. The van der Waals surface area contributed by atoms with Gasteiger partial charge in [-0.15, -0.1) is 0 Å². The summed E-state index contributed by atoms with van der Waals surface area (Å²) in [5.74, 6) is 0.844. The molecule has 1 N–H and O–H groups in total. The van der Waals surface area contributed by atoms with Crippen LogP contribution < -0.4 is 9.47 Å². The van der Waals surface area contributed by atoms with Gasteiger partial charge in [-0.05, 0) is 61.7 Å². The molecule has 148 valence electrons. The summed E-state index contributed by atoms with van der Waals surface area (Å²) < 4.78 is 15.6. The highest BCUT2D eigenvalue weighted by atomic mass is 16.7. The Morgan fingerprint density at radius 2 is 1.89 bits per heavy atom. The molecule has 28 heavy (non-hydrogen) atoms. The summed E-state index contributed by atoms with van der Waals surface area (Å²) in [4.78, 5) is 12.4. The lowest BCUT2D eigenvalue weighted by Gasteiger charge is -2.11. The molecule has 0 saturated carbocycles. The largest absolute Gasteiger partial charge is 0.507 e. The van der Waals surface area contributed by atoms with Crippen LogP contribution in [0.15, 0.2) is 54.1 Å². The van der Waals surface area contributed by atoms with Gasteiger partial charge >= 0.3 is 0 Å². The van der Waals surface area contributed by atoms with Crippen LogP contribution in [0.25, 0.3) is 6.08 Å². The zero-order chi connectivity index (χ0) is 20.5. The molecule has 2 rings (SSSR count). The zero-order valence-corrected chi connectivity index (χ0v) is 16.7. The molecule has 0 aromatic heterocycles. The van der Waals surface area contributed by atoms with E-state index in [0.717, 1.165) is 23.3 Å². The number of hydrogen-bond acceptors (Lipinski definition) is 5. The fourth-order valence-corrected chi connectivity index (χ4v) is 2.55. The Hall–Kier alpha value is -3.05. The lowest BCUT2D eigenvalue weighted by Crippen LogP contribution is -2.02. The maximum atomic E-state index is 12.4. The summed E-state index contributed by atoms with van der Waals surface area (Å²) in [5, 5.41) is 10.0. The number of benzene rings is 2. The fourth-order valence-electron chi connectivity index (χ4n) is 2.55. The van der Waals surface area contributed by atoms with Crippen molar-refractivity contribution in [3.63, 3.8) is 0 Å². The summed E-state index contributed by atoms with van der Waals surface area (Å²) in [5.41, 5.74) is 3.30. The molecular weight excluding hydrogens is 356 g/mol. The first-order valence-corrected chi connectivity index (χ1v) is 8.92. The van der Waals surface area contributed by atoms with Gasteiger partial charge in [0, 0.05) is 13.2 Å². The van der Waals surface area contributed by atoms with Gasteiger partial charge in [0.25, 0.3) is 0 Å². The Balaban J connectivity index is 2.23. The van der Waals surface area contributed by atoms with Crippen LogP contribution in [0.1, 0.15) is 35.3 Å². The number of ketones is 1. The molecule has 0 atom stereocenters. The Morgan fingerprint density at radius 3 is 2.54 bits per heavy atom. The van der Waals surface area contributed by atoms with Crippen molar-refractivity contribution in [3.05, 3.63) is 70.8 Å². The molecule has 0 heterocycles. The molecule has 0 aliphatic carbocycles. The second-order valence-corrected chi connectivity index (χ2v) is 6.48. The Kier molecular flexibility index (Phi) is 7.84. The standard InChI is InChI=1S/C23H26O5/c1-16(2)5-8-18-13-17(7-12-23(18)28-15-26-3)6-11-21(24)20-10-9-19(27-4)14-22(20)25/h5-7,9-14,25H,8,15H2,1-4H3/b11-6+. The van der Waals surface area contributed by atoms with E-state index in [2.05, 4.69) is 6.08 Å². The van der Waals surface area contributed by atoms with Gasteiger partial charge in [-0.3, -0.25) is 4.79 Å². The van der Waals surface area contributed by atoms with Gasteiger partial charge in [0.2, 0.25) is 0 Å². The first-order chi connectivity index (χ1) is 13.4. The quantitative estimate of drug-likeness (QED) is 0.292. The van der Waals surface area contributed by atoms with Gasteiger partial charge in [-0.2, -0.15) is 0 Å². The third-order valence-corrected chi connectivity index (χ3v) is 4.04. The lowest BCUT2D eigenvalue weighted by atomic mass is 10.0. The topological polar surface area (TPSA) is 65.0 Å². The molecule has 0 aliphatic rings. The molecule has 0 bridgehead atoms. The number of aromatic hydroxyl groups is 1. The van der Waals surface area contributed by atoms with Crippen LogP contribution in [0, 0.1) is 0 Å². The predicted octanol–water partition coefficient (Wildman–Crippen LogP) is 4.79. The van der Waals surface area contributed by atoms with Crippen molar-refractivity contribution in [1.82, 2.24) is 0 Å². The molecule has 5 heteroatoms. The van der Waals surface area contributed by atoms with Gasteiger partial charge in [-0.1, -0.05) is 23.8 Å². The third kappa shape index (κ3) is 5.99. The Morgan fingerprint density at radius 1 is 1.11 bits per heavy atom. The minimum atomic E-state index is -0.286. The molecule has 0 amide bonds. The van der Waals surface area contributed by atoms with Crippen molar-refractivity contribution >= 4 is 11.9 Å². The number of carbonyl (C=O) groups excluding carboxylic acids is 1. The van der Waals surface area contributed by atoms with Crippen molar-refractivity contribution in [2.75, 3.05) is 21.0 Å². The van der Waals surface area contributed by atoms with Crippen LogP contribution >= 0.6 is 0 Å². The maximum absolute atomic E-state index is 12.4. The van der Waals surface area contributed by atoms with E-state index in [1.54, 1.807) is 25.3 Å². The van der Waals surface area contributed by atoms with Gasteiger partial charge < -0.3 is 19.3 Å². The molecule has 2 aromatic carbocycles. The van der Waals surface area contributed by atoms with Crippen LogP contribution in [0.2, 0.25) is 0 Å². The Labute approximate surface area is 165 Å². The number of hydrogen-bond donors (Lipinski definition) is 1. The normalized spacial score (nSPS) is 10.7. The first-order valence-electron chi connectivity index (χ1n) is 8.92. The summed E-state index contributed by atoms with van der Waals surface area (Å²) in [6.45, 7) is 4.26. The SMILES string of the molecule is COCOc1ccc(/C=C/C(=O)c2ccc(OC)cc2O)cc1CC=C(C)C. The summed E-state index contributed by atoms with van der Waals surface area (Å²) >= 11 is 0. The van der Waals surface area contributed by atoms with Crippen molar-refractivity contribution in [1.29, 1.82) is 0 Å². The molecule has 0 spiro atoms. The molecule has 2 aromatic rings. The van der Waals surface area contributed by atoms with Crippen LogP contribution in [-0.4, -0.2) is 31.9 Å². The number of phenols is 1. The van der Waals surface area contributed by atoms with Gasteiger partial charge in [0.05, 0.1) is 12.7 Å². The molecule has 0 radical (unpaired) electrons. The number of phenolic OH excluding ortho intramolecular Hbond substituents is 1. The van der Waals surface area contributed by atoms with Gasteiger partial charge in [0.1, 0.15) is 17.2 Å². The van der Waals surface area contributed by atoms with E-state index in [9.17, 15) is 9.90 Å². The second-order valence-electron chi connectivity index (χ2n) is 6.48. The Bertz CT molecular complexity index is 877. The number of allylic oxidation sites excluding steroid dienone is 3. The highest BCUT2D eigenvalue weighted by Gasteiger charge is 2.10. The second kappa shape index (κ2) is 10.3. The van der Waals surface area contributed by atoms with Crippen molar-refractivity contribution in [3.8, 4) is 17.2 Å². The van der Waals surface area contributed by atoms with Crippen LogP contribution in [0.4, 0.5) is 0 Å². The van der Waals surface area contributed by atoms with Crippen LogP contribution in [-0.2, 0) is 11.2 Å². The predicted molar refractivity (Wildman–Crippen MR) is 110 cm³/mol. The number of methoxy groups -OCH3 is 2. The van der Waals surface area contributed by atoms with E-state index in [4.69, 9.17) is 14.2 Å². The summed E-state index contributed by atoms with van der Waals surface area (Å²) in [7, 11) is 3.08. The average Bonchev–Trinajstić information content (AvgIpc) is 2.69. The monoisotopic (exact) mass is 382 g/mol. The number of carbonyl (C=O) groups is 1. The van der Waals surface area contributed by atoms with E-state index < -0.39 is 0 Å². The van der Waals surface area contributed by atoms with Crippen LogP contribution in [0.5, 0.6) is 17.2 Å². The minimum Gasteiger partial charge on any atom is -0.507 e. The van der Waals surface area contributed by atoms with E-state index in [1.165, 1.54) is 24.8 Å². The van der Waals surface area contributed by atoms with Gasteiger partial charge in [-0.25, -0.2) is 0 Å². The number of rotatable bonds is 9. The summed E-state index contributed by atoms with van der Waals surface area (Å²) in [6.07, 6.45) is 5.99. The molecule has 5 nitrogen and oxygen atoms in total. The molecule has 0 aliphatic heterocycles. The average molecular weight is 382 g/mol. The van der Waals surface area contributed by atoms with Crippen LogP contribution in [0.3, 0.4) is 0 Å². The lowest BCUT2D eigenvalue weighted by molar-refractivity contribution is 0.0505. The van der Waals surface area contributed by atoms with E-state index >= 15 is 0 Å². The van der Waals surface area contributed by atoms with Crippen molar-refractivity contribution in [2.45, 2.75) is 20.3 Å². The van der Waals surface area contributed by atoms with E-state index in [1.807, 2.05) is 32.0 Å². The van der Waals surface area contributed by atoms with E-state index in [-0.39, 0.29) is 23.9 Å². The van der Waals surface area contributed by atoms with Gasteiger partial charge in [0.15, 0.2) is 12.6 Å². The zero-order valence-electron chi connectivity index (χ0n) is 16.7. The minimum absolute atomic E-state index is 0.110. The van der Waals surface area contributed by atoms with Crippen molar-refractivity contribution < 1.29 is 24.1 Å². The molecule has 0 saturated heterocycles. The van der Waals surface area contributed by atoms with E-state index in [0.29, 0.717) is 5.75 Å². The molecular formula is C23H26O5. The van der Waals surface area contributed by atoms with Crippen molar-refractivity contribution in [2.24, 2.45) is 0 Å². The molecule has 0 unspecified atom stereocenters. The highest BCUT2D eigenvalue weighted by Crippen LogP contribution is 2.25. The third-order valence-electron chi connectivity index (χ3n) is 4.04. The number of ether oxygens (including phenoxy) is 3. The fraction of sp³-hybridized carbons (Fsp3) is 0.261. The summed E-state index contributed by atoms with van der Waals surface area (Å²) in [6, 6.07) is 10.3. The maximum Gasteiger partial charge on any atom is 0.189 e. The molecule has 0 fully saturated rings.